The van der Waals surface area contributed by atoms with Crippen molar-refractivity contribution in [2.24, 2.45) is 0 Å². The highest BCUT2D eigenvalue weighted by atomic mass is 16.5. The Labute approximate surface area is 113 Å². The minimum Gasteiger partial charge on any atom is -0.480 e. The van der Waals surface area contributed by atoms with Gasteiger partial charge in [0.25, 0.3) is 0 Å². The molecule has 1 amide bonds. The molecular formula is C13H22N2O4. The van der Waals surface area contributed by atoms with Crippen LogP contribution in [0.2, 0.25) is 0 Å². The molecule has 0 saturated carbocycles. The van der Waals surface area contributed by atoms with Gasteiger partial charge in [0.1, 0.15) is 5.54 Å². The molecule has 2 heterocycles. The summed E-state index contributed by atoms with van der Waals surface area (Å²) in [7, 11) is 0. The van der Waals surface area contributed by atoms with Crippen molar-refractivity contribution in [2.45, 2.75) is 37.6 Å². The number of amides is 1. The fourth-order valence-electron chi connectivity index (χ4n) is 2.71. The van der Waals surface area contributed by atoms with Crippen molar-refractivity contribution in [3.63, 3.8) is 0 Å². The minimum absolute atomic E-state index is 0.170. The molecule has 0 atom stereocenters. The highest BCUT2D eigenvalue weighted by Gasteiger charge is 2.41. The molecule has 108 valence electrons. The van der Waals surface area contributed by atoms with Crippen molar-refractivity contribution in [3.05, 3.63) is 0 Å². The van der Waals surface area contributed by atoms with Crippen LogP contribution in [0.25, 0.3) is 0 Å². The normalized spacial score (nSPS) is 23.2. The molecule has 0 spiro atoms. The number of hydrogen-bond acceptors (Lipinski definition) is 4. The van der Waals surface area contributed by atoms with Gasteiger partial charge in [-0.25, -0.2) is 4.79 Å². The molecule has 6 nitrogen and oxygen atoms in total. The minimum atomic E-state index is -1.12. The van der Waals surface area contributed by atoms with Crippen molar-refractivity contribution in [2.75, 3.05) is 32.8 Å². The first-order valence-corrected chi connectivity index (χ1v) is 6.97. The first kappa shape index (κ1) is 14.3. The van der Waals surface area contributed by atoms with Crippen LogP contribution in [-0.4, -0.2) is 60.3 Å². The number of carboxylic acid groups (broad SMARTS) is 1. The Balaban J connectivity index is 1.82. The summed E-state index contributed by atoms with van der Waals surface area (Å²) in [4.78, 5) is 25.6. The van der Waals surface area contributed by atoms with Gasteiger partial charge in [0, 0.05) is 39.0 Å². The zero-order chi connectivity index (χ0) is 13.7. The van der Waals surface area contributed by atoms with Gasteiger partial charge in [-0.1, -0.05) is 0 Å². The summed E-state index contributed by atoms with van der Waals surface area (Å²) in [5.41, 5.74) is -1.12. The van der Waals surface area contributed by atoms with Gasteiger partial charge in [-0.05, 0) is 25.9 Å². The molecule has 0 radical (unpaired) electrons. The van der Waals surface area contributed by atoms with Crippen LogP contribution >= 0.6 is 0 Å². The van der Waals surface area contributed by atoms with Crippen LogP contribution in [0.1, 0.15) is 32.1 Å². The van der Waals surface area contributed by atoms with Gasteiger partial charge in [-0.3, -0.25) is 4.79 Å². The van der Waals surface area contributed by atoms with Gasteiger partial charge in [-0.2, -0.15) is 0 Å². The van der Waals surface area contributed by atoms with Crippen molar-refractivity contribution in [3.8, 4) is 0 Å². The standard InChI is InChI=1S/C13H22N2O4/c16-11(3-8-15-6-1-2-7-15)14-13(12(17)18)4-9-19-10-5-13/h1-10H2,(H,14,16)(H,17,18). The predicted molar refractivity (Wildman–Crippen MR) is 68.9 cm³/mol. The van der Waals surface area contributed by atoms with Gasteiger partial charge in [0.2, 0.25) is 5.91 Å². The Morgan fingerprint density at radius 2 is 1.84 bits per heavy atom. The van der Waals surface area contributed by atoms with Crippen LogP contribution in [0.15, 0.2) is 0 Å². The van der Waals surface area contributed by atoms with E-state index in [1.807, 2.05) is 0 Å². The van der Waals surface area contributed by atoms with Gasteiger partial charge < -0.3 is 20.1 Å². The number of nitrogens with one attached hydrogen (secondary N) is 1. The Hall–Kier alpha value is -1.14. The number of aliphatic carboxylic acids is 1. The lowest BCUT2D eigenvalue weighted by Crippen LogP contribution is -2.57. The SMILES string of the molecule is O=C(CCN1CCCC1)NC1(C(=O)O)CCOCC1. The largest absolute Gasteiger partial charge is 0.480 e. The maximum Gasteiger partial charge on any atom is 0.329 e. The van der Waals surface area contributed by atoms with Crippen molar-refractivity contribution >= 4 is 11.9 Å². The molecule has 19 heavy (non-hydrogen) atoms. The highest BCUT2D eigenvalue weighted by Crippen LogP contribution is 2.21. The lowest BCUT2D eigenvalue weighted by atomic mass is 9.90. The molecule has 2 fully saturated rings. The second-order valence-electron chi connectivity index (χ2n) is 5.35. The third kappa shape index (κ3) is 3.67. The lowest BCUT2D eigenvalue weighted by Gasteiger charge is -2.34. The molecule has 6 heteroatoms. The fraction of sp³-hybridized carbons (Fsp3) is 0.846. The van der Waals surface area contributed by atoms with Crippen molar-refractivity contribution in [1.82, 2.24) is 10.2 Å². The fourth-order valence-corrected chi connectivity index (χ4v) is 2.71. The second-order valence-corrected chi connectivity index (χ2v) is 5.35. The summed E-state index contributed by atoms with van der Waals surface area (Å²) in [5.74, 6) is -1.12. The van der Waals surface area contributed by atoms with E-state index < -0.39 is 11.5 Å². The number of hydrogen-bond donors (Lipinski definition) is 2. The van der Waals surface area contributed by atoms with Crippen LogP contribution in [0, 0.1) is 0 Å². The number of ether oxygens (including phenoxy) is 1. The number of rotatable bonds is 5. The summed E-state index contributed by atoms with van der Waals surface area (Å²) in [6, 6.07) is 0. The molecule has 0 unspecified atom stereocenters. The van der Waals surface area contributed by atoms with E-state index >= 15 is 0 Å². The molecule has 0 bridgehead atoms. The molecule has 2 rings (SSSR count). The number of carbonyl (C=O) groups is 2. The third-order valence-electron chi connectivity index (χ3n) is 3.99. The average Bonchev–Trinajstić information content (AvgIpc) is 2.90. The molecule has 0 aromatic carbocycles. The molecule has 2 aliphatic heterocycles. The lowest BCUT2D eigenvalue weighted by molar-refractivity contribution is -0.152. The van der Waals surface area contributed by atoms with Crippen molar-refractivity contribution < 1.29 is 19.4 Å². The van der Waals surface area contributed by atoms with Crippen LogP contribution < -0.4 is 5.32 Å². The summed E-state index contributed by atoms with van der Waals surface area (Å²) in [6.07, 6.45) is 3.45. The average molecular weight is 270 g/mol. The number of carbonyl (C=O) groups excluding carboxylic acids is 1. The quantitative estimate of drug-likeness (QED) is 0.747. The molecule has 0 aromatic rings. The Morgan fingerprint density at radius 1 is 1.21 bits per heavy atom. The summed E-state index contributed by atoms with van der Waals surface area (Å²) in [6.45, 7) is 3.59. The Morgan fingerprint density at radius 3 is 2.42 bits per heavy atom. The highest BCUT2D eigenvalue weighted by molar-refractivity contribution is 5.87. The van der Waals surface area contributed by atoms with Gasteiger partial charge in [0.15, 0.2) is 0 Å². The monoisotopic (exact) mass is 270 g/mol. The zero-order valence-corrected chi connectivity index (χ0v) is 11.2. The van der Waals surface area contributed by atoms with Crippen molar-refractivity contribution in [1.29, 1.82) is 0 Å². The summed E-state index contributed by atoms with van der Waals surface area (Å²) < 4.78 is 5.17. The van der Waals surface area contributed by atoms with Crippen LogP contribution in [0.3, 0.4) is 0 Å². The maximum absolute atomic E-state index is 11.9. The predicted octanol–water partition coefficient (Wildman–Crippen LogP) is 0.222. The van der Waals surface area contributed by atoms with Crippen LogP contribution in [0.4, 0.5) is 0 Å². The molecule has 0 aliphatic carbocycles. The number of likely N-dealkylation sites (tertiary alicyclic amines) is 1. The molecule has 0 aromatic heterocycles. The molecule has 2 saturated heterocycles. The van der Waals surface area contributed by atoms with E-state index in [2.05, 4.69) is 10.2 Å². The smallest absolute Gasteiger partial charge is 0.329 e. The third-order valence-corrected chi connectivity index (χ3v) is 3.99. The summed E-state index contributed by atoms with van der Waals surface area (Å²) >= 11 is 0. The van der Waals surface area contributed by atoms with Gasteiger partial charge >= 0.3 is 5.97 Å². The summed E-state index contributed by atoms with van der Waals surface area (Å²) in [5, 5.41) is 12.0. The van der Waals surface area contributed by atoms with Crippen LogP contribution in [-0.2, 0) is 14.3 Å². The topological polar surface area (TPSA) is 78.9 Å². The Bertz CT molecular complexity index is 334. The number of carboxylic acids is 1. The maximum atomic E-state index is 11.9. The molecule has 2 aliphatic rings. The first-order chi connectivity index (χ1) is 9.12. The van der Waals surface area contributed by atoms with Crippen LogP contribution in [0.5, 0.6) is 0 Å². The van der Waals surface area contributed by atoms with E-state index in [9.17, 15) is 14.7 Å². The van der Waals surface area contributed by atoms with E-state index in [0.717, 1.165) is 19.6 Å². The second kappa shape index (κ2) is 6.34. The number of nitrogens with zero attached hydrogens (tertiary/aromatic N) is 1. The van der Waals surface area contributed by atoms with E-state index in [-0.39, 0.29) is 5.91 Å². The van der Waals surface area contributed by atoms with E-state index in [4.69, 9.17) is 4.74 Å². The van der Waals surface area contributed by atoms with Gasteiger partial charge in [-0.15, -0.1) is 0 Å². The first-order valence-electron chi connectivity index (χ1n) is 6.97. The zero-order valence-electron chi connectivity index (χ0n) is 11.2. The van der Waals surface area contributed by atoms with E-state index in [1.54, 1.807) is 0 Å². The Kier molecular flexibility index (Phi) is 4.76. The van der Waals surface area contributed by atoms with E-state index in [0.29, 0.717) is 32.5 Å². The van der Waals surface area contributed by atoms with E-state index in [1.165, 1.54) is 12.8 Å². The van der Waals surface area contributed by atoms with Gasteiger partial charge in [0.05, 0.1) is 0 Å². The molecule has 2 N–H and O–H groups in total. The molecular weight excluding hydrogens is 248 g/mol.